The minimum atomic E-state index is -4.44. The predicted octanol–water partition coefficient (Wildman–Crippen LogP) is 3.41. The van der Waals surface area contributed by atoms with Crippen LogP contribution >= 0.6 is 0 Å². The van der Waals surface area contributed by atoms with E-state index in [0.717, 1.165) is 11.0 Å². The van der Waals surface area contributed by atoms with E-state index in [2.05, 4.69) is 15.4 Å². The number of aromatic nitrogens is 3. The average molecular weight is 441 g/mol. The maximum Gasteiger partial charge on any atom is 0.411 e. The van der Waals surface area contributed by atoms with Crippen LogP contribution in [0.2, 0.25) is 0 Å². The van der Waals surface area contributed by atoms with Gasteiger partial charge >= 0.3 is 6.18 Å². The number of carbonyl (C=O) groups is 1. The van der Waals surface area contributed by atoms with Crippen LogP contribution in [-0.4, -0.2) is 57.0 Å². The van der Waals surface area contributed by atoms with E-state index in [1.165, 1.54) is 24.3 Å². The maximum absolute atomic E-state index is 13.6. The van der Waals surface area contributed by atoms with Crippen molar-refractivity contribution in [2.24, 2.45) is 5.92 Å². The molecule has 4 rings (SSSR count). The van der Waals surface area contributed by atoms with Gasteiger partial charge in [0.25, 0.3) is 5.91 Å². The van der Waals surface area contributed by atoms with E-state index in [-0.39, 0.29) is 24.2 Å². The van der Waals surface area contributed by atoms with E-state index in [1.807, 2.05) is 0 Å². The van der Waals surface area contributed by atoms with Crippen LogP contribution in [0, 0.1) is 11.7 Å². The Morgan fingerprint density at radius 3 is 2.74 bits per heavy atom. The van der Waals surface area contributed by atoms with Gasteiger partial charge in [-0.25, -0.2) is 9.07 Å². The third kappa shape index (κ3) is 4.59. The molecule has 2 aliphatic heterocycles. The first-order valence-corrected chi connectivity index (χ1v) is 10.2. The number of benzene rings is 1. The van der Waals surface area contributed by atoms with Crippen LogP contribution in [0.1, 0.15) is 32.2 Å². The summed E-state index contributed by atoms with van der Waals surface area (Å²) in [4.78, 5) is 18.4. The molecule has 7 nitrogen and oxygen atoms in total. The number of carbonyl (C=O) groups excluding carboxylic acids is 1. The molecule has 3 heterocycles. The standard InChI is InChI=1S/C20H23F4N5O2/c1-12(31-15-6-4-14(21)5-7-15)18(30)28-8-2-3-13(10-28)16-9-17(20(22,23)24)29-19(27-16)25-11-26-29/h4-7,11-13,16-17H,2-3,8-10H2,1H3,(H,25,26,27)/t12?,13?,16-,17+/m0/s1. The fourth-order valence-electron chi connectivity index (χ4n) is 4.29. The van der Waals surface area contributed by atoms with Crippen molar-refractivity contribution in [3.05, 3.63) is 36.4 Å². The number of anilines is 1. The number of alkyl halides is 3. The van der Waals surface area contributed by atoms with Crippen molar-refractivity contribution in [3.8, 4) is 5.75 Å². The van der Waals surface area contributed by atoms with Crippen molar-refractivity contribution < 1.29 is 27.1 Å². The van der Waals surface area contributed by atoms with Gasteiger partial charge in [0.05, 0.1) is 0 Å². The van der Waals surface area contributed by atoms with Gasteiger partial charge in [-0.05, 0) is 56.4 Å². The van der Waals surface area contributed by atoms with Crippen LogP contribution in [0.4, 0.5) is 23.5 Å². The molecule has 0 saturated carbocycles. The lowest BCUT2D eigenvalue weighted by Gasteiger charge is -2.41. The summed E-state index contributed by atoms with van der Waals surface area (Å²) in [6.45, 7) is 2.45. The number of nitrogens with zero attached hydrogens (tertiary/aromatic N) is 4. The van der Waals surface area contributed by atoms with Gasteiger partial charge in [0.2, 0.25) is 5.95 Å². The Balaban J connectivity index is 1.42. The normalized spacial score (nSPS) is 24.8. The minimum Gasteiger partial charge on any atom is -0.481 e. The highest BCUT2D eigenvalue weighted by Gasteiger charge is 2.48. The summed E-state index contributed by atoms with van der Waals surface area (Å²) in [5, 5.41) is 6.78. The molecule has 1 N–H and O–H groups in total. The van der Waals surface area contributed by atoms with Gasteiger partial charge in [-0.15, -0.1) is 0 Å². The Kier molecular flexibility index (Phi) is 5.76. The number of nitrogens with one attached hydrogen (secondary N) is 1. The van der Waals surface area contributed by atoms with Crippen molar-refractivity contribution in [3.63, 3.8) is 0 Å². The summed E-state index contributed by atoms with van der Waals surface area (Å²) in [7, 11) is 0. The highest BCUT2D eigenvalue weighted by molar-refractivity contribution is 5.81. The van der Waals surface area contributed by atoms with E-state index >= 15 is 0 Å². The number of rotatable bonds is 4. The summed E-state index contributed by atoms with van der Waals surface area (Å²) >= 11 is 0. The second-order valence-electron chi connectivity index (χ2n) is 7.97. The number of hydrogen-bond donors (Lipinski definition) is 1. The Hall–Kier alpha value is -2.85. The lowest BCUT2D eigenvalue weighted by atomic mass is 9.86. The van der Waals surface area contributed by atoms with Crippen molar-refractivity contribution >= 4 is 11.9 Å². The van der Waals surface area contributed by atoms with Crippen LogP contribution in [0.5, 0.6) is 5.75 Å². The van der Waals surface area contributed by atoms with E-state index < -0.39 is 30.2 Å². The number of hydrogen-bond acceptors (Lipinski definition) is 5. The lowest BCUT2D eigenvalue weighted by molar-refractivity contribution is -0.175. The molecule has 2 aromatic rings. The zero-order valence-electron chi connectivity index (χ0n) is 16.8. The largest absolute Gasteiger partial charge is 0.481 e. The maximum atomic E-state index is 13.6. The third-order valence-corrected chi connectivity index (χ3v) is 5.85. The van der Waals surface area contributed by atoms with E-state index in [9.17, 15) is 22.4 Å². The van der Waals surface area contributed by atoms with Gasteiger partial charge in [0, 0.05) is 19.1 Å². The molecule has 4 atom stereocenters. The molecular formula is C20H23F4N5O2. The molecule has 0 radical (unpaired) electrons. The molecule has 11 heteroatoms. The highest BCUT2D eigenvalue weighted by atomic mass is 19.4. The molecule has 2 unspecified atom stereocenters. The second-order valence-corrected chi connectivity index (χ2v) is 7.97. The summed E-state index contributed by atoms with van der Waals surface area (Å²) in [6.07, 6.45) is -2.92. The summed E-state index contributed by atoms with van der Waals surface area (Å²) in [5.41, 5.74) is 0. The fourth-order valence-corrected chi connectivity index (χ4v) is 4.29. The first-order valence-electron chi connectivity index (χ1n) is 10.2. The van der Waals surface area contributed by atoms with Crippen LogP contribution in [-0.2, 0) is 4.79 Å². The van der Waals surface area contributed by atoms with Gasteiger partial charge in [-0.3, -0.25) is 4.79 Å². The predicted molar refractivity (Wildman–Crippen MR) is 103 cm³/mol. The van der Waals surface area contributed by atoms with Crippen LogP contribution in [0.25, 0.3) is 0 Å². The number of likely N-dealkylation sites (tertiary alicyclic amines) is 1. The minimum absolute atomic E-state index is 0.0926. The number of amides is 1. The van der Waals surface area contributed by atoms with Crippen molar-refractivity contribution in [2.75, 3.05) is 18.4 Å². The zero-order chi connectivity index (χ0) is 22.2. The summed E-state index contributed by atoms with van der Waals surface area (Å²) in [6, 6.07) is 3.15. The molecule has 1 aromatic heterocycles. The fraction of sp³-hybridized carbons (Fsp3) is 0.550. The number of ether oxygens (including phenoxy) is 1. The molecule has 1 saturated heterocycles. The van der Waals surface area contributed by atoms with Gasteiger partial charge in [-0.1, -0.05) is 0 Å². The molecule has 168 valence electrons. The summed E-state index contributed by atoms with van der Waals surface area (Å²) < 4.78 is 60.2. The van der Waals surface area contributed by atoms with Crippen LogP contribution in [0.3, 0.4) is 0 Å². The molecule has 31 heavy (non-hydrogen) atoms. The van der Waals surface area contributed by atoms with Crippen LogP contribution < -0.4 is 10.1 Å². The SMILES string of the molecule is CC(Oc1ccc(F)cc1)C(=O)N1CCCC([C@@H]2C[C@H](C(F)(F)F)n3ncnc3N2)C1. The van der Waals surface area contributed by atoms with Crippen molar-refractivity contribution in [2.45, 2.75) is 50.6 Å². The van der Waals surface area contributed by atoms with E-state index in [4.69, 9.17) is 4.74 Å². The molecule has 0 spiro atoms. The molecule has 0 aliphatic carbocycles. The molecule has 1 aromatic carbocycles. The monoisotopic (exact) mass is 441 g/mol. The van der Waals surface area contributed by atoms with Crippen molar-refractivity contribution in [1.29, 1.82) is 0 Å². The molecule has 1 amide bonds. The van der Waals surface area contributed by atoms with E-state index in [0.29, 0.717) is 31.7 Å². The Morgan fingerprint density at radius 1 is 1.29 bits per heavy atom. The molecular weight excluding hydrogens is 418 g/mol. The van der Waals surface area contributed by atoms with E-state index in [1.54, 1.807) is 11.8 Å². The van der Waals surface area contributed by atoms with Gasteiger partial charge in [0.1, 0.15) is 17.9 Å². The second kappa shape index (κ2) is 8.35. The smallest absolute Gasteiger partial charge is 0.411 e. The molecule has 2 aliphatic rings. The molecule has 1 fully saturated rings. The van der Waals surface area contributed by atoms with Crippen molar-refractivity contribution in [1.82, 2.24) is 19.7 Å². The van der Waals surface area contributed by atoms with Gasteiger partial charge in [-0.2, -0.15) is 23.3 Å². The number of halogens is 4. The Bertz CT molecular complexity index is 917. The average Bonchev–Trinajstić information content (AvgIpc) is 3.22. The number of fused-ring (bicyclic) bond motifs is 1. The summed E-state index contributed by atoms with van der Waals surface area (Å²) in [5.74, 6) is -0.350. The molecule has 0 bridgehead atoms. The third-order valence-electron chi connectivity index (χ3n) is 5.85. The lowest BCUT2D eigenvalue weighted by Crippen LogP contribution is -2.51. The topological polar surface area (TPSA) is 72.3 Å². The Morgan fingerprint density at radius 2 is 2.03 bits per heavy atom. The van der Waals surface area contributed by atoms with Gasteiger partial charge in [0.15, 0.2) is 12.1 Å². The number of piperidine rings is 1. The first-order chi connectivity index (χ1) is 14.7. The Labute approximate surface area is 176 Å². The quantitative estimate of drug-likeness (QED) is 0.737. The first kappa shape index (κ1) is 21.4. The highest BCUT2D eigenvalue weighted by Crippen LogP contribution is 2.40. The van der Waals surface area contributed by atoms with Gasteiger partial charge < -0.3 is 15.0 Å². The zero-order valence-corrected chi connectivity index (χ0v) is 16.8. The van der Waals surface area contributed by atoms with Crippen LogP contribution in [0.15, 0.2) is 30.6 Å².